The van der Waals surface area contributed by atoms with Crippen LogP contribution >= 0.6 is 12.2 Å². The first-order chi connectivity index (χ1) is 7.70. The van der Waals surface area contributed by atoms with Gasteiger partial charge < -0.3 is 9.47 Å². The van der Waals surface area contributed by atoms with Gasteiger partial charge in [0.05, 0.1) is 13.1 Å². The lowest BCUT2D eigenvalue weighted by Gasteiger charge is -2.18. The van der Waals surface area contributed by atoms with E-state index in [1.807, 2.05) is 16.3 Å². The highest BCUT2D eigenvalue weighted by atomic mass is 32.1. The molecular formula is C11H21N4S+. The Morgan fingerprint density at radius 1 is 1.56 bits per heavy atom. The van der Waals surface area contributed by atoms with Crippen molar-refractivity contribution in [3.63, 3.8) is 0 Å². The van der Waals surface area contributed by atoms with E-state index in [4.69, 9.17) is 12.2 Å². The monoisotopic (exact) mass is 241 g/mol. The molecule has 0 aromatic carbocycles. The second kappa shape index (κ2) is 5.10. The topological polar surface area (TPSA) is 27.2 Å². The molecule has 0 radical (unpaired) electrons. The van der Waals surface area contributed by atoms with Crippen LogP contribution in [0.15, 0.2) is 6.33 Å². The van der Waals surface area contributed by atoms with E-state index in [1.165, 1.54) is 32.4 Å². The van der Waals surface area contributed by atoms with Crippen molar-refractivity contribution in [1.82, 2.24) is 14.3 Å². The molecule has 4 nitrogen and oxygen atoms in total. The van der Waals surface area contributed by atoms with Gasteiger partial charge in [-0.2, -0.15) is 9.78 Å². The SMILES string of the molecule is CCC[NH+](CC1CC1)Cn1ncn(C)c1=S. The Hall–Kier alpha value is -0.680. The number of nitrogens with one attached hydrogen (secondary N) is 1. The van der Waals surface area contributed by atoms with Crippen LogP contribution in [0.4, 0.5) is 0 Å². The summed E-state index contributed by atoms with van der Waals surface area (Å²) in [6.07, 6.45) is 5.85. The summed E-state index contributed by atoms with van der Waals surface area (Å²) in [5, 5.41) is 4.32. The average Bonchev–Trinajstić information content (AvgIpc) is 3.01. The second-order valence-electron chi connectivity index (χ2n) is 4.83. The Labute approximate surface area is 102 Å². The predicted molar refractivity (Wildman–Crippen MR) is 65.7 cm³/mol. The van der Waals surface area contributed by atoms with E-state index >= 15 is 0 Å². The molecule has 1 fully saturated rings. The molecule has 0 bridgehead atoms. The minimum Gasteiger partial charge on any atom is -0.316 e. The molecular weight excluding hydrogens is 220 g/mol. The number of nitrogens with zero attached hydrogens (tertiary/aromatic N) is 3. The lowest BCUT2D eigenvalue weighted by molar-refractivity contribution is -0.925. The average molecular weight is 241 g/mol. The Bertz CT molecular complexity index is 391. The summed E-state index contributed by atoms with van der Waals surface area (Å²) in [4.78, 5) is 1.61. The third-order valence-corrected chi connectivity index (χ3v) is 3.64. The molecule has 1 unspecified atom stereocenters. The number of aromatic nitrogens is 3. The van der Waals surface area contributed by atoms with E-state index < -0.39 is 0 Å². The molecule has 1 saturated carbocycles. The molecule has 0 amide bonds. The van der Waals surface area contributed by atoms with Gasteiger partial charge in [0.25, 0.3) is 0 Å². The Morgan fingerprint density at radius 2 is 2.31 bits per heavy atom. The normalized spacial score (nSPS) is 17.6. The number of aryl methyl sites for hydroxylation is 1. The summed E-state index contributed by atoms with van der Waals surface area (Å²) in [6.45, 7) is 5.66. The van der Waals surface area contributed by atoms with E-state index in [2.05, 4.69) is 12.0 Å². The maximum absolute atomic E-state index is 5.31. The van der Waals surface area contributed by atoms with Crippen LogP contribution in [-0.2, 0) is 13.7 Å². The molecule has 16 heavy (non-hydrogen) atoms. The van der Waals surface area contributed by atoms with Crippen molar-refractivity contribution in [3.05, 3.63) is 11.1 Å². The van der Waals surface area contributed by atoms with Crippen LogP contribution in [0.3, 0.4) is 0 Å². The molecule has 90 valence electrons. The van der Waals surface area contributed by atoms with Crippen molar-refractivity contribution in [2.24, 2.45) is 13.0 Å². The maximum atomic E-state index is 5.31. The second-order valence-corrected chi connectivity index (χ2v) is 5.19. The fraction of sp³-hybridized carbons (Fsp3) is 0.818. The molecule has 0 aliphatic heterocycles. The van der Waals surface area contributed by atoms with Crippen molar-refractivity contribution in [2.45, 2.75) is 32.9 Å². The third kappa shape index (κ3) is 2.92. The number of rotatable bonds is 6. The first-order valence-electron chi connectivity index (χ1n) is 6.12. The Kier molecular flexibility index (Phi) is 3.76. The van der Waals surface area contributed by atoms with Gasteiger partial charge in [0.15, 0.2) is 6.67 Å². The van der Waals surface area contributed by atoms with Crippen LogP contribution in [0.2, 0.25) is 0 Å². The van der Waals surface area contributed by atoms with Crippen LogP contribution in [0.25, 0.3) is 0 Å². The maximum Gasteiger partial charge on any atom is 0.202 e. The molecule has 1 heterocycles. The van der Waals surface area contributed by atoms with Gasteiger partial charge in [0, 0.05) is 13.0 Å². The molecule has 1 aromatic heterocycles. The highest BCUT2D eigenvalue weighted by Crippen LogP contribution is 2.26. The molecule has 0 spiro atoms. The lowest BCUT2D eigenvalue weighted by atomic mass is 10.3. The van der Waals surface area contributed by atoms with E-state index in [9.17, 15) is 0 Å². The highest BCUT2D eigenvalue weighted by molar-refractivity contribution is 7.71. The van der Waals surface area contributed by atoms with Gasteiger partial charge >= 0.3 is 0 Å². The summed E-state index contributed by atoms with van der Waals surface area (Å²) in [7, 11) is 1.95. The van der Waals surface area contributed by atoms with Gasteiger partial charge in [0.1, 0.15) is 6.33 Å². The fourth-order valence-electron chi connectivity index (χ4n) is 2.07. The zero-order valence-corrected chi connectivity index (χ0v) is 11.0. The molecule has 2 rings (SSSR count). The van der Waals surface area contributed by atoms with Crippen LogP contribution in [0.5, 0.6) is 0 Å². The van der Waals surface area contributed by atoms with Gasteiger partial charge in [-0.3, -0.25) is 0 Å². The largest absolute Gasteiger partial charge is 0.316 e. The van der Waals surface area contributed by atoms with Gasteiger partial charge in [-0.1, -0.05) is 6.92 Å². The summed E-state index contributed by atoms with van der Waals surface area (Å²) in [6, 6.07) is 0. The van der Waals surface area contributed by atoms with Crippen molar-refractivity contribution in [3.8, 4) is 0 Å². The van der Waals surface area contributed by atoms with Crippen molar-refractivity contribution >= 4 is 12.2 Å². The predicted octanol–water partition coefficient (Wildman–Crippen LogP) is 0.613. The molecule has 1 aromatic rings. The summed E-state index contributed by atoms with van der Waals surface area (Å²) >= 11 is 5.31. The quantitative estimate of drug-likeness (QED) is 0.739. The molecule has 5 heteroatoms. The first-order valence-corrected chi connectivity index (χ1v) is 6.53. The molecule has 1 N–H and O–H groups in total. The number of quaternary nitrogens is 1. The first kappa shape index (κ1) is 11.8. The summed E-state index contributed by atoms with van der Waals surface area (Å²) < 4.78 is 4.67. The van der Waals surface area contributed by atoms with Gasteiger partial charge in [0.2, 0.25) is 4.77 Å². The van der Waals surface area contributed by atoms with Crippen LogP contribution in [0.1, 0.15) is 26.2 Å². The fourth-order valence-corrected chi connectivity index (χ4v) is 2.23. The number of hydrogen-bond donors (Lipinski definition) is 1. The Balaban J connectivity index is 1.98. The number of hydrogen-bond acceptors (Lipinski definition) is 2. The van der Waals surface area contributed by atoms with Gasteiger partial charge in [-0.25, -0.2) is 0 Å². The van der Waals surface area contributed by atoms with Gasteiger partial charge in [-0.15, -0.1) is 0 Å². The van der Waals surface area contributed by atoms with Gasteiger partial charge in [-0.05, 0) is 31.5 Å². The van der Waals surface area contributed by atoms with Crippen LogP contribution < -0.4 is 4.90 Å². The lowest BCUT2D eigenvalue weighted by Crippen LogP contribution is -3.11. The standard InChI is InChI=1S/C11H20N4S/c1-3-6-14(7-10-4-5-10)9-15-11(16)13(2)8-12-15/h8,10H,3-7,9H2,1-2H3/p+1. The van der Waals surface area contributed by atoms with Crippen molar-refractivity contribution in [1.29, 1.82) is 0 Å². The van der Waals surface area contributed by atoms with Crippen LogP contribution in [-0.4, -0.2) is 27.4 Å². The van der Waals surface area contributed by atoms with E-state index in [0.29, 0.717) is 0 Å². The van der Waals surface area contributed by atoms with E-state index in [-0.39, 0.29) is 0 Å². The zero-order valence-electron chi connectivity index (χ0n) is 10.1. The minimum atomic E-state index is 0.824. The molecule has 0 saturated heterocycles. The molecule has 1 atom stereocenters. The Morgan fingerprint density at radius 3 is 2.81 bits per heavy atom. The van der Waals surface area contributed by atoms with E-state index in [1.54, 1.807) is 11.2 Å². The zero-order chi connectivity index (χ0) is 11.5. The van der Waals surface area contributed by atoms with Crippen LogP contribution in [0, 0.1) is 10.7 Å². The molecule has 1 aliphatic rings. The smallest absolute Gasteiger partial charge is 0.202 e. The minimum absolute atomic E-state index is 0.824. The molecule has 1 aliphatic carbocycles. The van der Waals surface area contributed by atoms with E-state index in [0.717, 1.165) is 17.4 Å². The third-order valence-electron chi connectivity index (χ3n) is 3.14. The summed E-state index contributed by atoms with van der Waals surface area (Å²) in [5.74, 6) is 0.958. The highest BCUT2D eigenvalue weighted by Gasteiger charge is 2.26. The summed E-state index contributed by atoms with van der Waals surface area (Å²) in [5.41, 5.74) is 0. The van der Waals surface area contributed by atoms with Crippen molar-refractivity contribution in [2.75, 3.05) is 13.1 Å². The van der Waals surface area contributed by atoms with Crippen molar-refractivity contribution < 1.29 is 4.90 Å².